The number of hydrogen-bond acceptors (Lipinski definition) is 2. The second kappa shape index (κ2) is 3.74. The Morgan fingerprint density at radius 3 is 2.38 bits per heavy atom. The Kier molecular flexibility index (Phi) is 2.54. The summed E-state index contributed by atoms with van der Waals surface area (Å²) in [6, 6.07) is 5.87. The first-order valence-corrected chi connectivity index (χ1v) is 5.44. The average Bonchev–Trinajstić information content (AvgIpc) is 2.61. The summed E-state index contributed by atoms with van der Waals surface area (Å²) < 4.78 is 2.11. The van der Waals surface area contributed by atoms with E-state index in [1.165, 1.54) is 5.69 Å². The van der Waals surface area contributed by atoms with Gasteiger partial charge in [-0.15, -0.1) is 0 Å². The zero-order valence-corrected chi connectivity index (χ0v) is 10.2. The molecule has 2 aromatic rings. The molecule has 2 rings (SSSR count). The van der Waals surface area contributed by atoms with Crippen molar-refractivity contribution in [3.63, 3.8) is 0 Å². The molecule has 3 nitrogen and oxygen atoms in total. The van der Waals surface area contributed by atoms with Crippen molar-refractivity contribution in [3.05, 3.63) is 36.3 Å². The third kappa shape index (κ3) is 1.85. The van der Waals surface area contributed by atoms with Crippen LogP contribution in [0, 0.1) is 0 Å². The molecule has 0 aliphatic heterocycles. The largest absolute Gasteiger partial charge is 0.329 e. The molecule has 0 unspecified atom stereocenters. The monoisotopic (exact) mass is 215 g/mol. The Morgan fingerprint density at radius 2 is 1.88 bits per heavy atom. The molecule has 16 heavy (non-hydrogen) atoms. The van der Waals surface area contributed by atoms with Crippen LogP contribution in [0.4, 0.5) is 0 Å². The van der Waals surface area contributed by atoms with E-state index in [2.05, 4.69) is 35.3 Å². The maximum Gasteiger partial charge on any atom is 0.158 e. The second-order valence-corrected chi connectivity index (χ2v) is 4.99. The van der Waals surface area contributed by atoms with Gasteiger partial charge < -0.3 is 4.57 Å². The van der Waals surface area contributed by atoms with Crippen LogP contribution in [0.15, 0.2) is 30.6 Å². The van der Waals surface area contributed by atoms with Crippen molar-refractivity contribution in [2.24, 2.45) is 7.05 Å². The van der Waals surface area contributed by atoms with Crippen LogP contribution < -0.4 is 0 Å². The molecule has 0 atom stereocenters. The third-order valence-electron chi connectivity index (χ3n) is 2.65. The smallest absolute Gasteiger partial charge is 0.158 e. The topological polar surface area (TPSA) is 30.7 Å². The van der Waals surface area contributed by atoms with Crippen molar-refractivity contribution in [2.75, 3.05) is 0 Å². The van der Waals surface area contributed by atoms with Gasteiger partial charge in [0.1, 0.15) is 5.69 Å². The van der Waals surface area contributed by atoms with Gasteiger partial charge in [-0.25, -0.2) is 4.98 Å². The molecule has 0 saturated heterocycles. The van der Waals surface area contributed by atoms with E-state index in [1.807, 2.05) is 31.4 Å². The Bertz CT molecular complexity index is 478. The van der Waals surface area contributed by atoms with Crippen molar-refractivity contribution in [1.29, 1.82) is 0 Å². The third-order valence-corrected chi connectivity index (χ3v) is 2.65. The normalized spacial score (nSPS) is 11.8. The highest BCUT2D eigenvalue weighted by atomic mass is 15.1. The maximum atomic E-state index is 4.45. The number of hydrogen-bond donors (Lipinski definition) is 0. The minimum absolute atomic E-state index is 0.106. The molecular weight excluding hydrogens is 198 g/mol. The Labute approximate surface area is 96.2 Å². The van der Waals surface area contributed by atoms with Gasteiger partial charge in [0.25, 0.3) is 0 Å². The Hall–Kier alpha value is -1.64. The quantitative estimate of drug-likeness (QED) is 0.732. The van der Waals surface area contributed by atoms with Crippen LogP contribution in [0.5, 0.6) is 0 Å². The fraction of sp³-hybridized carbons (Fsp3) is 0.385. The summed E-state index contributed by atoms with van der Waals surface area (Å²) >= 11 is 0. The van der Waals surface area contributed by atoms with E-state index < -0.39 is 0 Å². The highest BCUT2D eigenvalue weighted by molar-refractivity contribution is 5.50. The SMILES string of the molecule is Cn1c(C(C)(C)C)cnc1-c1ccccn1. The van der Waals surface area contributed by atoms with Crippen LogP contribution in [0.3, 0.4) is 0 Å². The van der Waals surface area contributed by atoms with E-state index in [0.717, 1.165) is 11.5 Å². The molecule has 0 aliphatic carbocycles. The molecule has 2 aromatic heterocycles. The van der Waals surface area contributed by atoms with Gasteiger partial charge in [-0.2, -0.15) is 0 Å². The highest BCUT2D eigenvalue weighted by Gasteiger charge is 2.20. The molecule has 3 heteroatoms. The predicted molar refractivity (Wildman–Crippen MR) is 65.1 cm³/mol. The van der Waals surface area contributed by atoms with E-state index in [4.69, 9.17) is 0 Å². The van der Waals surface area contributed by atoms with E-state index in [9.17, 15) is 0 Å². The first-order valence-electron chi connectivity index (χ1n) is 5.44. The molecule has 2 heterocycles. The fourth-order valence-corrected chi connectivity index (χ4v) is 1.84. The molecule has 0 saturated carbocycles. The lowest BCUT2D eigenvalue weighted by atomic mass is 9.93. The summed E-state index contributed by atoms with van der Waals surface area (Å²) in [5, 5.41) is 0. The van der Waals surface area contributed by atoms with Crippen molar-refractivity contribution in [1.82, 2.24) is 14.5 Å². The van der Waals surface area contributed by atoms with Gasteiger partial charge in [0.05, 0.1) is 0 Å². The van der Waals surface area contributed by atoms with Gasteiger partial charge in [-0.05, 0) is 12.1 Å². The van der Waals surface area contributed by atoms with E-state index in [-0.39, 0.29) is 5.41 Å². The molecule has 0 N–H and O–H groups in total. The van der Waals surface area contributed by atoms with Gasteiger partial charge in [-0.1, -0.05) is 26.8 Å². The zero-order valence-electron chi connectivity index (χ0n) is 10.2. The second-order valence-electron chi connectivity index (χ2n) is 4.99. The van der Waals surface area contributed by atoms with Crippen LogP contribution in [0.1, 0.15) is 26.5 Å². The lowest BCUT2D eigenvalue weighted by Crippen LogP contribution is -2.16. The molecule has 0 spiro atoms. The van der Waals surface area contributed by atoms with E-state index in [0.29, 0.717) is 0 Å². The molecule has 84 valence electrons. The van der Waals surface area contributed by atoms with Crippen LogP contribution in [0.25, 0.3) is 11.5 Å². The fourth-order valence-electron chi connectivity index (χ4n) is 1.84. The molecular formula is C13H17N3. The van der Waals surface area contributed by atoms with Gasteiger partial charge in [0.15, 0.2) is 5.82 Å². The van der Waals surface area contributed by atoms with Crippen molar-refractivity contribution in [3.8, 4) is 11.5 Å². The Morgan fingerprint density at radius 1 is 1.12 bits per heavy atom. The minimum Gasteiger partial charge on any atom is -0.329 e. The summed E-state index contributed by atoms with van der Waals surface area (Å²) in [5.74, 6) is 0.922. The van der Waals surface area contributed by atoms with E-state index in [1.54, 1.807) is 6.20 Å². The summed E-state index contributed by atoms with van der Waals surface area (Å²) in [6.07, 6.45) is 3.73. The summed E-state index contributed by atoms with van der Waals surface area (Å²) in [6.45, 7) is 6.56. The van der Waals surface area contributed by atoms with Crippen LogP contribution >= 0.6 is 0 Å². The maximum absolute atomic E-state index is 4.45. The first-order chi connectivity index (χ1) is 7.50. The molecule has 0 aliphatic rings. The number of rotatable bonds is 1. The van der Waals surface area contributed by atoms with Crippen LogP contribution in [-0.2, 0) is 12.5 Å². The van der Waals surface area contributed by atoms with Crippen LogP contribution in [-0.4, -0.2) is 14.5 Å². The minimum atomic E-state index is 0.106. The van der Waals surface area contributed by atoms with Gasteiger partial charge in [-0.3, -0.25) is 4.98 Å². The summed E-state index contributed by atoms with van der Waals surface area (Å²) in [7, 11) is 2.04. The van der Waals surface area contributed by atoms with Gasteiger partial charge >= 0.3 is 0 Å². The number of imidazole rings is 1. The number of aromatic nitrogens is 3. The zero-order chi connectivity index (χ0) is 11.8. The lowest BCUT2D eigenvalue weighted by molar-refractivity contribution is 0.544. The molecule has 0 radical (unpaired) electrons. The van der Waals surface area contributed by atoms with Crippen molar-refractivity contribution in [2.45, 2.75) is 26.2 Å². The van der Waals surface area contributed by atoms with Crippen molar-refractivity contribution < 1.29 is 0 Å². The van der Waals surface area contributed by atoms with E-state index >= 15 is 0 Å². The molecule has 0 aromatic carbocycles. The number of nitrogens with zero attached hydrogens (tertiary/aromatic N) is 3. The highest BCUT2D eigenvalue weighted by Crippen LogP contribution is 2.25. The Balaban J connectivity index is 2.50. The first kappa shape index (κ1) is 10.9. The molecule has 0 bridgehead atoms. The van der Waals surface area contributed by atoms with Gasteiger partial charge in [0.2, 0.25) is 0 Å². The van der Waals surface area contributed by atoms with Crippen LogP contribution in [0.2, 0.25) is 0 Å². The summed E-state index contributed by atoms with van der Waals surface area (Å²) in [5.41, 5.74) is 2.24. The van der Waals surface area contributed by atoms with Crippen molar-refractivity contribution >= 4 is 0 Å². The summed E-state index contributed by atoms with van der Waals surface area (Å²) in [4.78, 5) is 8.77. The average molecular weight is 215 g/mol. The van der Waals surface area contributed by atoms with Gasteiger partial charge in [0, 0.05) is 30.6 Å². The molecule has 0 amide bonds. The number of pyridine rings is 1. The lowest BCUT2D eigenvalue weighted by Gasteiger charge is -2.19. The molecule has 0 fully saturated rings. The standard InChI is InChI=1S/C13H17N3/c1-13(2,3)11-9-15-12(16(11)4)10-7-5-6-8-14-10/h5-9H,1-4H3. The predicted octanol–water partition coefficient (Wildman–Crippen LogP) is 2.78.